The summed E-state index contributed by atoms with van der Waals surface area (Å²) < 4.78 is 1.78. The molecule has 26 heavy (non-hydrogen) atoms. The van der Waals surface area contributed by atoms with Gasteiger partial charge in [0.05, 0.1) is 24.1 Å². The summed E-state index contributed by atoms with van der Waals surface area (Å²) in [5.41, 5.74) is 2.23. The molecule has 1 aliphatic heterocycles. The number of piperidine rings is 1. The van der Waals surface area contributed by atoms with Gasteiger partial charge in [-0.3, -0.25) is 19.4 Å². The molecule has 3 rings (SSSR count). The third-order valence-electron chi connectivity index (χ3n) is 4.85. The summed E-state index contributed by atoms with van der Waals surface area (Å²) in [7, 11) is 2.17. The van der Waals surface area contributed by atoms with Crippen molar-refractivity contribution in [2.75, 3.05) is 20.1 Å². The molecule has 1 N–H and O–H groups in total. The summed E-state index contributed by atoms with van der Waals surface area (Å²) in [5, 5.41) is 7.12. The highest BCUT2D eigenvalue weighted by Gasteiger charge is 2.17. The fraction of sp³-hybridized carbons (Fsp3) is 0.579. The van der Waals surface area contributed by atoms with Gasteiger partial charge in [-0.15, -0.1) is 0 Å². The topological polar surface area (TPSA) is 75.9 Å². The SMILES string of the molecule is CCCn1ccc(C(=O)NCc2cnc(CC3CCN(C)CC3)cn2)n1. The zero-order chi connectivity index (χ0) is 18.4. The number of amides is 1. The highest BCUT2D eigenvalue weighted by Crippen LogP contribution is 2.19. The summed E-state index contributed by atoms with van der Waals surface area (Å²) in [5.74, 6) is 0.515. The van der Waals surface area contributed by atoms with Crippen LogP contribution in [-0.4, -0.2) is 50.7 Å². The second-order valence-corrected chi connectivity index (χ2v) is 7.10. The lowest BCUT2D eigenvalue weighted by molar-refractivity contribution is 0.0944. The van der Waals surface area contributed by atoms with Crippen LogP contribution in [0.4, 0.5) is 0 Å². The van der Waals surface area contributed by atoms with E-state index >= 15 is 0 Å². The Bertz CT molecular complexity index is 703. The van der Waals surface area contributed by atoms with E-state index in [9.17, 15) is 4.79 Å². The molecule has 140 valence electrons. The molecule has 7 nitrogen and oxygen atoms in total. The maximum Gasteiger partial charge on any atom is 0.272 e. The molecule has 1 fully saturated rings. The van der Waals surface area contributed by atoms with Crippen LogP contribution in [0.25, 0.3) is 0 Å². The number of aromatic nitrogens is 4. The van der Waals surface area contributed by atoms with Crippen molar-refractivity contribution >= 4 is 5.91 Å². The minimum absolute atomic E-state index is 0.183. The standard InChI is InChI=1S/C19H28N6O/c1-3-7-25-10-6-18(23-25)19(26)22-14-17-13-20-16(12-21-17)11-15-4-8-24(2)9-5-15/h6,10,12-13,15H,3-5,7-9,11,14H2,1-2H3,(H,22,26). The molecule has 2 aromatic rings. The van der Waals surface area contributed by atoms with Gasteiger partial charge in [0.25, 0.3) is 5.91 Å². The van der Waals surface area contributed by atoms with Gasteiger partial charge in [-0.2, -0.15) is 5.10 Å². The van der Waals surface area contributed by atoms with Crippen LogP contribution >= 0.6 is 0 Å². The first kappa shape index (κ1) is 18.5. The molecular weight excluding hydrogens is 328 g/mol. The Morgan fingerprint density at radius 3 is 2.65 bits per heavy atom. The van der Waals surface area contributed by atoms with Crippen molar-refractivity contribution in [2.45, 2.75) is 45.7 Å². The van der Waals surface area contributed by atoms with Crippen LogP contribution < -0.4 is 5.32 Å². The maximum absolute atomic E-state index is 12.2. The summed E-state index contributed by atoms with van der Waals surface area (Å²) in [4.78, 5) is 23.5. The normalized spacial score (nSPS) is 15.9. The van der Waals surface area contributed by atoms with Crippen LogP contribution in [-0.2, 0) is 19.5 Å². The number of nitrogens with zero attached hydrogens (tertiary/aromatic N) is 5. The Hall–Kier alpha value is -2.28. The molecule has 1 amide bonds. The van der Waals surface area contributed by atoms with Gasteiger partial charge < -0.3 is 10.2 Å². The molecule has 7 heteroatoms. The van der Waals surface area contributed by atoms with E-state index in [1.165, 1.54) is 12.8 Å². The molecule has 0 spiro atoms. The number of hydrogen-bond acceptors (Lipinski definition) is 5. The molecule has 0 saturated carbocycles. The van der Waals surface area contributed by atoms with E-state index in [1.807, 2.05) is 12.4 Å². The summed E-state index contributed by atoms with van der Waals surface area (Å²) in [6, 6.07) is 1.74. The number of aryl methyl sites for hydroxylation is 1. The number of likely N-dealkylation sites (tertiary alicyclic amines) is 1. The Labute approximate surface area is 154 Å². The largest absolute Gasteiger partial charge is 0.345 e. The number of carbonyl (C=O) groups is 1. The van der Waals surface area contributed by atoms with E-state index in [4.69, 9.17) is 0 Å². The highest BCUT2D eigenvalue weighted by atomic mass is 16.1. The molecule has 3 heterocycles. The third kappa shape index (κ3) is 5.11. The summed E-state index contributed by atoms with van der Waals surface area (Å²) in [6.07, 6.45) is 9.86. The predicted molar refractivity (Wildman–Crippen MR) is 99.6 cm³/mol. The van der Waals surface area contributed by atoms with Gasteiger partial charge in [0.1, 0.15) is 5.69 Å². The molecule has 2 aromatic heterocycles. The summed E-state index contributed by atoms with van der Waals surface area (Å²) >= 11 is 0. The molecule has 0 unspecified atom stereocenters. The maximum atomic E-state index is 12.2. The monoisotopic (exact) mass is 356 g/mol. The molecule has 0 atom stereocenters. The van der Waals surface area contributed by atoms with Gasteiger partial charge in [-0.1, -0.05) is 6.92 Å². The number of nitrogens with one attached hydrogen (secondary N) is 1. The van der Waals surface area contributed by atoms with E-state index < -0.39 is 0 Å². The van der Waals surface area contributed by atoms with Crippen molar-refractivity contribution in [1.82, 2.24) is 30.0 Å². The van der Waals surface area contributed by atoms with Crippen LogP contribution in [0.2, 0.25) is 0 Å². The van der Waals surface area contributed by atoms with E-state index in [-0.39, 0.29) is 5.91 Å². The number of rotatable bonds is 7. The second-order valence-electron chi connectivity index (χ2n) is 7.10. The van der Waals surface area contributed by atoms with Crippen molar-refractivity contribution in [3.63, 3.8) is 0 Å². The molecule has 0 aromatic carbocycles. The van der Waals surface area contributed by atoms with Crippen molar-refractivity contribution in [2.24, 2.45) is 5.92 Å². The van der Waals surface area contributed by atoms with E-state index in [0.717, 1.165) is 43.9 Å². The van der Waals surface area contributed by atoms with Crippen molar-refractivity contribution in [1.29, 1.82) is 0 Å². The predicted octanol–water partition coefficient (Wildman–Crippen LogP) is 1.90. The van der Waals surface area contributed by atoms with Crippen LogP contribution in [0.1, 0.15) is 48.1 Å². The molecule has 1 saturated heterocycles. The molecular formula is C19H28N6O. The first-order valence-electron chi connectivity index (χ1n) is 9.44. The molecule has 0 bridgehead atoms. The summed E-state index contributed by atoms with van der Waals surface area (Å²) in [6.45, 7) is 5.58. The first-order chi connectivity index (χ1) is 12.6. The zero-order valence-electron chi connectivity index (χ0n) is 15.7. The van der Waals surface area contributed by atoms with Crippen LogP contribution in [0.5, 0.6) is 0 Å². The van der Waals surface area contributed by atoms with Gasteiger partial charge in [0, 0.05) is 18.9 Å². The van der Waals surface area contributed by atoms with E-state index in [2.05, 4.69) is 39.3 Å². The second kappa shape index (κ2) is 8.89. The lowest BCUT2D eigenvalue weighted by atomic mass is 9.92. The van der Waals surface area contributed by atoms with Gasteiger partial charge in [0.15, 0.2) is 0 Å². The van der Waals surface area contributed by atoms with Gasteiger partial charge in [-0.25, -0.2) is 0 Å². The van der Waals surface area contributed by atoms with E-state index in [0.29, 0.717) is 18.2 Å². The fourth-order valence-corrected chi connectivity index (χ4v) is 3.24. The lowest BCUT2D eigenvalue weighted by Crippen LogP contribution is -2.31. The van der Waals surface area contributed by atoms with Crippen LogP contribution in [0.3, 0.4) is 0 Å². The number of hydrogen-bond donors (Lipinski definition) is 1. The smallest absolute Gasteiger partial charge is 0.272 e. The van der Waals surface area contributed by atoms with Crippen LogP contribution in [0, 0.1) is 5.92 Å². The van der Waals surface area contributed by atoms with Gasteiger partial charge >= 0.3 is 0 Å². The van der Waals surface area contributed by atoms with Gasteiger partial charge in [-0.05, 0) is 57.8 Å². The minimum atomic E-state index is -0.183. The average Bonchev–Trinajstić information content (AvgIpc) is 3.12. The Morgan fingerprint density at radius 2 is 1.96 bits per heavy atom. The Kier molecular flexibility index (Phi) is 6.33. The van der Waals surface area contributed by atoms with Crippen LogP contribution in [0.15, 0.2) is 24.7 Å². The molecule has 1 aliphatic rings. The highest BCUT2D eigenvalue weighted by molar-refractivity contribution is 5.92. The third-order valence-corrected chi connectivity index (χ3v) is 4.85. The van der Waals surface area contributed by atoms with Gasteiger partial charge in [0.2, 0.25) is 0 Å². The molecule has 0 radical (unpaired) electrons. The van der Waals surface area contributed by atoms with Crippen molar-refractivity contribution < 1.29 is 4.79 Å². The van der Waals surface area contributed by atoms with E-state index in [1.54, 1.807) is 16.9 Å². The first-order valence-corrected chi connectivity index (χ1v) is 9.44. The fourth-order valence-electron chi connectivity index (χ4n) is 3.24. The average molecular weight is 356 g/mol. The molecule has 0 aliphatic carbocycles. The van der Waals surface area contributed by atoms with Crippen molar-refractivity contribution in [3.05, 3.63) is 41.7 Å². The quantitative estimate of drug-likeness (QED) is 0.820. The lowest BCUT2D eigenvalue weighted by Gasteiger charge is -2.28. The van der Waals surface area contributed by atoms with Crippen molar-refractivity contribution in [3.8, 4) is 0 Å². The zero-order valence-corrected chi connectivity index (χ0v) is 15.7. The Balaban J connectivity index is 1.47. The minimum Gasteiger partial charge on any atom is -0.345 e. The number of carbonyl (C=O) groups excluding carboxylic acids is 1. The Morgan fingerprint density at radius 1 is 1.23 bits per heavy atom.